The van der Waals surface area contributed by atoms with Crippen LogP contribution in [0.15, 0.2) is 54.7 Å². The molecule has 2 aromatic carbocycles. The number of carbonyl (C=O) groups is 1. The van der Waals surface area contributed by atoms with Crippen molar-refractivity contribution in [2.45, 2.75) is 13.3 Å². The van der Waals surface area contributed by atoms with Crippen LogP contribution in [0.3, 0.4) is 0 Å². The van der Waals surface area contributed by atoms with E-state index in [4.69, 9.17) is 4.74 Å². The molecule has 1 aromatic heterocycles. The van der Waals surface area contributed by atoms with Crippen molar-refractivity contribution >= 4 is 11.6 Å². The first kappa shape index (κ1) is 19.0. The number of amides is 1. The highest BCUT2D eigenvalue weighted by molar-refractivity contribution is 5.92. The van der Waals surface area contributed by atoms with E-state index in [2.05, 4.69) is 34.3 Å². The van der Waals surface area contributed by atoms with E-state index in [1.54, 1.807) is 18.0 Å². The Morgan fingerprint density at radius 3 is 2.45 bits per heavy atom. The van der Waals surface area contributed by atoms with Crippen LogP contribution in [-0.4, -0.2) is 59.1 Å². The molecule has 2 heterocycles. The minimum Gasteiger partial charge on any atom is -0.495 e. The Bertz CT molecular complexity index is 975. The molecule has 4 rings (SSSR count). The Morgan fingerprint density at radius 1 is 1.03 bits per heavy atom. The van der Waals surface area contributed by atoms with Gasteiger partial charge in [-0.25, -0.2) is 4.68 Å². The molecule has 1 fully saturated rings. The predicted molar refractivity (Wildman–Crippen MR) is 112 cm³/mol. The molecule has 0 aliphatic carbocycles. The molecule has 1 aliphatic heterocycles. The van der Waals surface area contributed by atoms with Gasteiger partial charge in [0.1, 0.15) is 5.75 Å². The average Bonchev–Trinajstić information content (AvgIpc) is 3.29. The van der Waals surface area contributed by atoms with Crippen molar-refractivity contribution in [3.8, 4) is 11.4 Å². The van der Waals surface area contributed by atoms with E-state index < -0.39 is 0 Å². The summed E-state index contributed by atoms with van der Waals surface area (Å²) in [6, 6.07) is 16.1. The molecular formula is C22H25N5O2. The van der Waals surface area contributed by atoms with E-state index in [0.29, 0.717) is 18.8 Å². The van der Waals surface area contributed by atoms with Crippen LogP contribution in [0.5, 0.6) is 5.75 Å². The fourth-order valence-corrected chi connectivity index (χ4v) is 3.58. The normalized spacial score (nSPS) is 14.1. The Balaban J connectivity index is 1.41. The molecule has 1 saturated heterocycles. The maximum atomic E-state index is 12.9. The number of anilines is 1. The van der Waals surface area contributed by atoms with Gasteiger partial charge in [0.05, 0.1) is 24.7 Å². The Kier molecular flexibility index (Phi) is 5.46. The van der Waals surface area contributed by atoms with Crippen LogP contribution in [0.25, 0.3) is 5.69 Å². The van der Waals surface area contributed by atoms with Gasteiger partial charge in [-0.3, -0.25) is 4.79 Å². The molecule has 7 nitrogen and oxygen atoms in total. The van der Waals surface area contributed by atoms with Crippen molar-refractivity contribution in [1.29, 1.82) is 0 Å². The fraction of sp³-hybridized carbons (Fsp3) is 0.318. The molecule has 29 heavy (non-hydrogen) atoms. The largest absolute Gasteiger partial charge is 0.495 e. The van der Waals surface area contributed by atoms with Crippen molar-refractivity contribution in [2.24, 2.45) is 0 Å². The molecule has 7 heteroatoms. The lowest BCUT2D eigenvalue weighted by molar-refractivity contribution is 0.0740. The van der Waals surface area contributed by atoms with Gasteiger partial charge in [0.2, 0.25) is 0 Å². The number of rotatable bonds is 5. The van der Waals surface area contributed by atoms with Crippen LogP contribution in [0.4, 0.5) is 5.69 Å². The molecule has 3 aromatic rings. The van der Waals surface area contributed by atoms with E-state index >= 15 is 0 Å². The molecule has 0 unspecified atom stereocenters. The molecule has 0 radical (unpaired) electrons. The summed E-state index contributed by atoms with van der Waals surface area (Å²) in [4.78, 5) is 17.0. The molecule has 0 saturated carbocycles. The second kappa shape index (κ2) is 8.34. The standard InChI is InChI=1S/C22H25N5O2/c1-3-17-8-10-18(11-9-17)27-16-19(23-24-27)22(28)26-14-12-25(13-15-26)20-6-4-5-7-21(20)29-2/h4-11,16H,3,12-15H2,1-2H3. The number of nitrogens with zero attached hydrogens (tertiary/aromatic N) is 5. The van der Waals surface area contributed by atoms with Gasteiger partial charge in [-0.1, -0.05) is 36.4 Å². The minimum absolute atomic E-state index is 0.0823. The summed E-state index contributed by atoms with van der Waals surface area (Å²) in [5.74, 6) is 0.769. The van der Waals surface area contributed by atoms with Crippen molar-refractivity contribution in [1.82, 2.24) is 19.9 Å². The van der Waals surface area contributed by atoms with Crippen LogP contribution >= 0.6 is 0 Å². The quantitative estimate of drug-likeness (QED) is 0.669. The maximum absolute atomic E-state index is 12.9. The number of piperazine rings is 1. The van der Waals surface area contributed by atoms with E-state index in [1.165, 1.54) is 5.56 Å². The van der Waals surface area contributed by atoms with E-state index in [1.807, 2.05) is 41.3 Å². The number of aromatic nitrogens is 3. The van der Waals surface area contributed by atoms with Crippen LogP contribution in [0.1, 0.15) is 23.0 Å². The number of hydrogen-bond acceptors (Lipinski definition) is 5. The minimum atomic E-state index is -0.0823. The highest BCUT2D eigenvalue weighted by Gasteiger charge is 2.25. The van der Waals surface area contributed by atoms with Crippen LogP contribution in [0.2, 0.25) is 0 Å². The summed E-state index contributed by atoms with van der Waals surface area (Å²) in [5.41, 5.74) is 3.59. The molecule has 0 N–H and O–H groups in total. The molecule has 1 amide bonds. The van der Waals surface area contributed by atoms with Crippen LogP contribution in [0, 0.1) is 0 Å². The van der Waals surface area contributed by atoms with Gasteiger partial charge in [0, 0.05) is 26.2 Å². The SMILES string of the molecule is CCc1ccc(-n2cc(C(=O)N3CCN(c4ccccc4OC)CC3)nn2)cc1. The monoisotopic (exact) mass is 391 g/mol. The topological polar surface area (TPSA) is 63.5 Å². The van der Waals surface area contributed by atoms with Crippen molar-refractivity contribution in [3.05, 3.63) is 66.0 Å². The van der Waals surface area contributed by atoms with Crippen molar-refractivity contribution in [2.75, 3.05) is 38.2 Å². The summed E-state index contributed by atoms with van der Waals surface area (Å²) in [7, 11) is 1.68. The number of para-hydroxylation sites is 2. The summed E-state index contributed by atoms with van der Waals surface area (Å²) < 4.78 is 7.11. The van der Waals surface area contributed by atoms with E-state index in [0.717, 1.165) is 36.6 Å². The first-order valence-electron chi connectivity index (χ1n) is 9.88. The Labute approximate surface area is 170 Å². The zero-order chi connectivity index (χ0) is 20.2. The first-order valence-corrected chi connectivity index (χ1v) is 9.88. The highest BCUT2D eigenvalue weighted by Crippen LogP contribution is 2.28. The third kappa shape index (κ3) is 3.94. The summed E-state index contributed by atoms with van der Waals surface area (Å²) in [5, 5.41) is 8.24. The zero-order valence-electron chi connectivity index (χ0n) is 16.8. The molecule has 0 spiro atoms. The van der Waals surface area contributed by atoms with Crippen LogP contribution in [-0.2, 0) is 6.42 Å². The zero-order valence-corrected chi connectivity index (χ0v) is 16.8. The van der Waals surface area contributed by atoms with Gasteiger partial charge < -0.3 is 14.5 Å². The highest BCUT2D eigenvalue weighted by atomic mass is 16.5. The molecule has 1 aliphatic rings. The third-order valence-electron chi connectivity index (χ3n) is 5.31. The Hall–Kier alpha value is -3.35. The second-order valence-corrected chi connectivity index (χ2v) is 7.02. The number of aryl methyl sites for hydroxylation is 1. The van der Waals surface area contributed by atoms with Gasteiger partial charge in [0.15, 0.2) is 5.69 Å². The second-order valence-electron chi connectivity index (χ2n) is 7.02. The summed E-state index contributed by atoms with van der Waals surface area (Å²) in [6.45, 7) is 4.89. The predicted octanol–water partition coefficient (Wildman–Crippen LogP) is 2.80. The van der Waals surface area contributed by atoms with Gasteiger partial charge in [0.25, 0.3) is 5.91 Å². The van der Waals surface area contributed by atoms with Gasteiger partial charge in [-0.05, 0) is 36.2 Å². The lowest BCUT2D eigenvalue weighted by Crippen LogP contribution is -2.49. The first-order chi connectivity index (χ1) is 14.2. The molecule has 150 valence electrons. The Morgan fingerprint density at radius 2 is 1.76 bits per heavy atom. The lowest BCUT2D eigenvalue weighted by Gasteiger charge is -2.36. The van der Waals surface area contributed by atoms with E-state index in [9.17, 15) is 4.79 Å². The number of hydrogen-bond donors (Lipinski definition) is 0. The molecular weight excluding hydrogens is 366 g/mol. The number of carbonyl (C=O) groups excluding carboxylic acids is 1. The smallest absolute Gasteiger partial charge is 0.276 e. The fourth-order valence-electron chi connectivity index (χ4n) is 3.58. The lowest BCUT2D eigenvalue weighted by atomic mass is 10.1. The summed E-state index contributed by atoms with van der Waals surface area (Å²) >= 11 is 0. The number of ether oxygens (including phenoxy) is 1. The van der Waals surface area contributed by atoms with Crippen LogP contribution < -0.4 is 9.64 Å². The summed E-state index contributed by atoms with van der Waals surface area (Å²) in [6.07, 6.45) is 2.69. The van der Waals surface area contributed by atoms with Gasteiger partial charge in [-0.15, -0.1) is 5.10 Å². The number of methoxy groups -OCH3 is 1. The number of benzene rings is 2. The van der Waals surface area contributed by atoms with Gasteiger partial charge in [-0.2, -0.15) is 0 Å². The molecule has 0 bridgehead atoms. The van der Waals surface area contributed by atoms with Crippen molar-refractivity contribution in [3.63, 3.8) is 0 Å². The van der Waals surface area contributed by atoms with Gasteiger partial charge >= 0.3 is 0 Å². The molecule has 0 atom stereocenters. The van der Waals surface area contributed by atoms with E-state index in [-0.39, 0.29) is 5.91 Å². The maximum Gasteiger partial charge on any atom is 0.276 e. The third-order valence-corrected chi connectivity index (χ3v) is 5.31. The average molecular weight is 391 g/mol. The van der Waals surface area contributed by atoms with Crippen molar-refractivity contribution < 1.29 is 9.53 Å².